The number of aromatic nitrogens is 2. The van der Waals surface area contributed by atoms with Gasteiger partial charge in [-0.15, -0.1) is 0 Å². The van der Waals surface area contributed by atoms with Gasteiger partial charge in [0.2, 0.25) is 0 Å². The van der Waals surface area contributed by atoms with Crippen molar-refractivity contribution in [3.8, 4) is 5.88 Å². The Bertz CT molecular complexity index is 673. The van der Waals surface area contributed by atoms with E-state index in [2.05, 4.69) is 9.72 Å². The van der Waals surface area contributed by atoms with Crippen molar-refractivity contribution in [2.24, 2.45) is 0 Å². The van der Waals surface area contributed by atoms with E-state index in [9.17, 15) is 9.59 Å². The van der Waals surface area contributed by atoms with E-state index >= 15 is 0 Å². The van der Waals surface area contributed by atoms with Gasteiger partial charge in [-0.05, 0) is 13.0 Å². The second-order valence-electron chi connectivity index (χ2n) is 4.07. The summed E-state index contributed by atoms with van der Waals surface area (Å²) in [5, 5.41) is 0. The molecule has 0 aromatic carbocycles. The summed E-state index contributed by atoms with van der Waals surface area (Å²) < 4.78 is 11.6. The Hall–Kier alpha value is -2.37. The molecule has 19 heavy (non-hydrogen) atoms. The molecule has 6 nitrogen and oxygen atoms in total. The molecule has 0 saturated carbocycles. The first-order chi connectivity index (χ1) is 8.99. The molecule has 6 heteroatoms. The van der Waals surface area contributed by atoms with Crippen molar-refractivity contribution < 1.29 is 19.1 Å². The highest BCUT2D eigenvalue weighted by atomic mass is 16.5. The van der Waals surface area contributed by atoms with Gasteiger partial charge in [-0.3, -0.25) is 9.20 Å². The third kappa shape index (κ3) is 2.05. The Labute approximate surface area is 110 Å². The summed E-state index contributed by atoms with van der Waals surface area (Å²) in [6.45, 7) is 3.22. The predicted octanol–water partition coefficient (Wildman–Crippen LogP) is 1.64. The monoisotopic (exact) mass is 262 g/mol. The minimum Gasteiger partial charge on any atom is -0.482 e. The van der Waals surface area contributed by atoms with E-state index in [1.54, 1.807) is 23.5 Å². The van der Waals surface area contributed by atoms with Crippen LogP contribution in [0.3, 0.4) is 0 Å². The van der Waals surface area contributed by atoms with Crippen molar-refractivity contribution >= 4 is 17.4 Å². The number of ketones is 1. The Morgan fingerprint density at radius 3 is 2.47 bits per heavy atom. The number of ether oxygens (including phenoxy) is 2. The minimum atomic E-state index is -0.481. The van der Waals surface area contributed by atoms with Gasteiger partial charge in [0, 0.05) is 13.0 Å². The first-order valence-electron chi connectivity index (χ1n) is 5.66. The van der Waals surface area contributed by atoms with Crippen molar-refractivity contribution in [1.82, 2.24) is 9.38 Å². The fourth-order valence-electron chi connectivity index (χ4n) is 2.00. The number of nitrogens with zero attached hydrogens (tertiary/aromatic N) is 2. The van der Waals surface area contributed by atoms with Crippen LogP contribution in [0.1, 0.15) is 33.5 Å². The van der Waals surface area contributed by atoms with Crippen molar-refractivity contribution in [2.75, 3.05) is 14.2 Å². The number of Topliss-reactive ketones (excluding diaryl/α,β-unsaturated/α-hetero) is 1. The average molecular weight is 262 g/mol. The summed E-state index contributed by atoms with van der Waals surface area (Å²) in [5.74, 6) is -0.191. The van der Waals surface area contributed by atoms with Gasteiger partial charge in [-0.1, -0.05) is 0 Å². The van der Waals surface area contributed by atoms with E-state index in [1.165, 1.54) is 21.1 Å². The van der Waals surface area contributed by atoms with Crippen LogP contribution in [0.15, 0.2) is 12.1 Å². The van der Waals surface area contributed by atoms with Gasteiger partial charge >= 0.3 is 5.97 Å². The molecule has 0 amide bonds. The van der Waals surface area contributed by atoms with E-state index in [0.717, 1.165) is 0 Å². The van der Waals surface area contributed by atoms with Crippen molar-refractivity contribution in [1.29, 1.82) is 0 Å². The Morgan fingerprint density at radius 1 is 1.26 bits per heavy atom. The predicted molar refractivity (Wildman–Crippen MR) is 67.8 cm³/mol. The lowest BCUT2D eigenvalue weighted by Crippen LogP contribution is -2.05. The average Bonchev–Trinajstić information content (AvgIpc) is 2.74. The smallest absolute Gasteiger partial charge is 0.338 e. The number of esters is 1. The van der Waals surface area contributed by atoms with Gasteiger partial charge in [-0.25, -0.2) is 9.78 Å². The molecule has 0 aliphatic carbocycles. The zero-order valence-electron chi connectivity index (χ0n) is 11.2. The lowest BCUT2D eigenvalue weighted by Gasteiger charge is -2.07. The molecule has 0 fully saturated rings. The standard InChI is InChI=1S/C13H14N2O4/c1-7-12(8(2)16)14-10-5-9(13(17)19-4)6-11(18-3)15(7)10/h5-6H,1-4H3. The van der Waals surface area contributed by atoms with Crippen LogP contribution in [0.2, 0.25) is 0 Å². The number of carbonyl (C=O) groups excluding carboxylic acids is 2. The number of methoxy groups -OCH3 is 2. The highest BCUT2D eigenvalue weighted by molar-refractivity contribution is 5.95. The van der Waals surface area contributed by atoms with Gasteiger partial charge in [0.1, 0.15) is 11.3 Å². The fourth-order valence-corrected chi connectivity index (χ4v) is 2.00. The van der Waals surface area contributed by atoms with Crippen LogP contribution in [0.5, 0.6) is 5.88 Å². The van der Waals surface area contributed by atoms with E-state index in [0.29, 0.717) is 28.5 Å². The molecule has 0 saturated heterocycles. The molecular weight excluding hydrogens is 248 g/mol. The molecule has 0 radical (unpaired) electrons. The SMILES string of the molecule is COC(=O)c1cc(OC)n2c(C)c(C(C)=O)nc2c1. The maximum Gasteiger partial charge on any atom is 0.338 e. The first-order valence-corrected chi connectivity index (χ1v) is 5.66. The summed E-state index contributed by atoms with van der Waals surface area (Å²) in [4.78, 5) is 27.3. The van der Waals surface area contributed by atoms with Crippen LogP contribution >= 0.6 is 0 Å². The summed E-state index contributed by atoms with van der Waals surface area (Å²) in [6, 6.07) is 3.12. The molecule has 0 bridgehead atoms. The van der Waals surface area contributed by atoms with E-state index in [-0.39, 0.29) is 5.78 Å². The Kier molecular flexibility index (Phi) is 3.25. The Balaban J connectivity index is 2.78. The van der Waals surface area contributed by atoms with Crippen LogP contribution in [0.4, 0.5) is 0 Å². The zero-order valence-corrected chi connectivity index (χ0v) is 11.2. The molecule has 0 N–H and O–H groups in total. The lowest BCUT2D eigenvalue weighted by molar-refractivity contribution is 0.0600. The number of rotatable bonds is 3. The molecule has 0 spiro atoms. The van der Waals surface area contributed by atoms with Crippen LogP contribution in [-0.2, 0) is 4.74 Å². The second kappa shape index (κ2) is 4.72. The van der Waals surface area contributed by atoms with Gasteiger partial charge in [0.05, 0.1) is 25.5 Å². The van der Waals surface area contributed by atoms with Crippen molar-refractivity contribution in [2.45, 2.75) is 13.8 Å². The number of imidazole rings is 1. The second-order valence-corrected chi connectivity index (χ2v) is 4.07. The number of pyridine rings is 1. The van der Waals surface area contributed by atoms with Crippen molar-refractivity contribution in [3.63, 3.8) is 0 Å². The maximum absolute atomic E-state index is 11.6. The quantitative estimate of drug-likeness (QED) is 0.621. The highest BCUT2D eigenvalue weighted by Crippen LogP contribution is 2.22. The fraction of sp³-hybridized carbons (Fsp3) is 0.308. The molecule has 0 unspecified atom stereocenters. The number of carbonyl (C=O) groups is 2. The zero-order chi connectivity index (χ0) is 14.2. The maximum atomic E-state index is 11.6. The molecule has 0 aliphatic heterocycles. The largest absolute Gasteiger partial charge is 0.482 e. The van der Waals surface area contributed by atoms with Gasteiger partial charge in [0.25, 0.3) is 0 Å². The van der Waals surface area contributed by atoms with Gasteiger partial charge in [0.15, 0.2) is 11.7 Å². The van der Waals surface area contributed by atoms with E-state index < -0.39 is 5.97 Å². The summed E-state index contributed by atoms with van der Waals surface area (Å²) in [6.07, 6.45) is 0. The molecule has 0 aliphatic rings. The van der Waals surface area contributed by atoms with Crippen LogP contribution in [0, 0.1) is 6.92 Å². The van der Waals surface area contributed by atoms with Crippen LogP contribution < -0.4 is 4.74 Å². The van der Waals surface area contributed by atoms with E-state index in [4.69, 9.17) is 4.74 Å². The Morgan fingerprint density at radius 2 is 1.95 bits per heavy atom. The third-order valence-corrected chi connectivity index (χ3v) is 2.88. The number of hydrogen-bond acceptors (Lipinski definition) is 5. The molecule has 2 aromatic heterocycles. The topological polar surface area (TPSA) is 69.9 Å². The molecule has 2 rings (SSSR count). The molecular formula is C13H14N2O4. The normalized spacial score (nSPS) is 10.5. The van der Waals surface area contributed by atoms with Crippen LogP contribution in [0.25, 0.3) is 5.65 Å². The highest BCUT2D eigenvalue weighted by Gasteiger charge is 2.18. The summed E-state index contributed by atoms with van der Waals surface area (Å²) in [7, 11) is 2.79. The molecule has 2 aromatic rings. The molecule has 0 atom stereocenters. The van der Waals surface area contributed by atoms with Crippen molar-refractivity contribution in [3.05, 3.63) is 29.1 Å². The van der Waals surface area contributed by atoms with Crippen LogP contribution in [-0.4, -0.2) is 35.4 Å². The molecule has 2 heterocycles. The summed E-state index contributed by atoms with van der Waals surface area (Å²) >= 11 is 0. The molecule has 100 valence electrons. The summed E-state index contributed by atoms with van der Waals surface area (Å²) in [5.41, 5.74) is 1.84. The number of aryl methyl sites for hydroxylation is 1. The number of hydrogen-bond donors (Lipinski definition) is 0. The minimum absolute atomic E-state index is 0.136. The first kappa shape index (κ1) is 13.1. The lowest BCUT2D eigenvalue weighted by atomic mass is 10.2. The van der Waals surface area contributed by atoms with Gasteiger partial charge < -0.3 is 9.47 Å². The third-order valence-electron chi connectivity index (χ3n) is 2.88. The number of fused-ring (bicyclic) bond motifs is 1. The van der Waals surface area contributed by atoms with E-state index in [1.807, 2.05) is 0 Å². The van der Waals surface area contributed by atoms with Gasteiger partial charge in [-0.2, -0.15) is 0 Å².